The molecule has 0 atom stereocenters. The van der Waals surface area contributed by atoms with E-state index in [-0.39, 0.29) is 23.7 Å². The van der Waals surface area contributed by atoms with Crippen molar-refractivity contribution in [2.45, 2.75) is 13.3 Å². The van der Waals surface area contributed by atoms with E-state index in [2.05, 4.69) is 5.10 Å². The number of primary amides is 1. The fourth-order valence-corrected chi connectivity index (χ4v) is 4.50. The van der Waals surface area contributed by atoms with Crippen LogP contribution in [-0.2, 0) is 14.3 Å². The number of amides is 2. The minimum Gasteiger partial charge on any atom is -0.451 e. The summed E-state index contributed by atoms with van der Waals surface area (Å²) in [6, 6.07) is 12.5. The molecule has 0 saturated carbocycles. The van der Waals surface area contributed by atoms with E-state index >= 15 is 0 Å². The van der Waals surface area contributed by atoms with Crippen molar-refractivity contribution < 1.29 is 27.9 Å². The number of thiophene rings is 1. The molecule has 0 bridgehead atoms. The average molecular weight is 499 g/mol. The monoisotopic (exact) mass is 498 g/mol. The summed E-state index contributed by atoms with van der Waals surface area (Å²) in [7, 11) is 0. The van der Waals surface area contributed by atoms with Crippen LogP contribution in [0.5, 0.6) is 0 Å². The highest BCUT2D eigenvalue weighted by Gasteiger charge is 2.22. The molecular weight excluding hydrogens is 478 g/mol. The number of nitrogens with zero attached hydrogens (tertiary/aromatic N) is 3. The Bertz CT molecular complexity index is 1400. The predicted molar refractivity (Wildman–Crippen MR) is 126 cm³/mol. The molecule has 0 radical (unpaired) electrons. The lowest BCUT2D eigenvalue weighted by molar-refractivity contribution is -0.121. The number of benzene rings is 2. The number of carbonyl (C=O) groups is 3. The molecule has 0 unspecified atom stereocenters. The number of esters is 1. The van der Waals surface area contributed by atoms with E-state index < -0.39 is 30.2 Å². The molecule has 180 valence electrons. The van der Waals surface area contributed by atoms with Crippen LogP contribution < -0.4 is 10.6 Å². The number of hydrogen-bond acceptors (Lipinski definition) is 6. The lowest BCUT2D eigenvalue weighted by Crippen LogP contribution is -2.37. The van der Waals surface area contributed by atoms with E-state index in [4.69, 9.17) is 10.5 Å². The Morgan fingerprint density at radius 1 is 1.06 bits per heavy atom. The quantitative estimate of drug-likeness (QED) is 0.373. The zero-order valence-corrected chi connectivity index (χ0v) is 19.4. The zero-order chi connectivity index (χ0) is 25.1. The van der Waals surface area contributed by atoms with Gasteiger partial charge in [0.2, 0.25) is 5.91 Å². The Hall–Kier alpha value is -4.12. The van der Waals surface area contributed by atoms with Crippen molar-refractivity contribution in [1.82, 2.24) is 9.78 Å². The van der Waals surface area contributed by atoms with Gasteiger partial charge in [0.25, 0.3) is 5.91 Å². The second-order valence-electron chi connectivity index (χ2n) is 7.62. The second kappa shape index (κ2) is 10.0. The summed E-state index contributed by atoms with van der Waals surface area (Å²) < 4.78 is 33.4. The van der Waals surface area contributed by atoms with Gasteiger partial charge in [-0.05, 0) is 61.5 Å². The molecule has 2 aromatic carbocycles. The van der Waals surface area contributed by atoms with E-state index in [1.54, 1.807) is 29.8 Å². The summed E-state index contributed by atoms with van der Waals surface area (Å²) in [6.45, 7) is 1.15. The maximum absolute atomic E-state index is 13.3. The lowest BCUT2D eigenvalue weighted by Gasteiger charge is -2.22. The first-order chi connectivity index (χ1) is 16.7. The van der Waals surface area contributed by atoms with Crippen molar-refractivity contribution in [1.29, 1.82) is 0 Å². The molecule has 0 aliphatic rings. The molecule has 0 spiro atoms. The summed E-state index contributed by atoms with van der Waals surface area (Å²) in [5.41, 5.74) is 6.84. The third-order valence-corrected chi connectivity index (χ3v) is 6.26. The van der Waals surface area contributed by atoms with Gasteiger partial charge >= 0.3 is 5.97 Å². The topological polar surface area (TPSA) is 108 Å². The molecule has 4 aromatic rings. The molecule has 4 rings (SSSR count). The fraction of sp³-hybridized carbons (Fsp3) is 0.167. The molecule has 0 fully saturated rings. The van der Waals surface area contributed by atoms with E-state index in [9.17, 15) is 23.2 Å². The number of hydrogen-bond donors (Lipinski definition) is 1. The third-order valence-electron chi connectivity index (χ3n) is 5.16. The molecule has 11 heteroatoms. The van der Waals surface area contributed by atoms with Crippen molar-refractivity contribution in [3.63, 3.8) is 0 Å². The van der Waals surface area contributed by atoms with Gasteiger partial charge in [-0.1, -0.05) is 0 Å². The fourth-order valence-electron chi connectivity index (χ4n) is 3.42. The second-order valence-corrected chi connectivity index (χ2v) is 8.65. The predicted octanol–water partition coefficient (Wildman–Crippen LogP) is 3.74. The van der Waals surface area contributed by atoms with Crippen LogP contribution in [0.25, 0.3) is 15.9 Å². The minimum atomic E-state index is -0.710. The van der Waals surface area contributed by atoms with Crippen molar-refractivity contribution in [3.05, 3.63) is 76.8 Å². The molecule has 0 saturated heterocycles. The SMILES string of the molecule is Cc1nn(-c2ccc(F)cc2)c2sc(C(=O)OCC(=O)N(CCC(N)=O)c3ccc(F)cc3)cc12. The van der Waals surface area contributed by atoms with Gasteiger partial charge < -0.3 is 15.4 Å². The number of nitrogens with two attached hydrogens (primary N) is 1. The number of halogens is 2. The van der Waals surface area contributed by atoms with Gasteiger partial charge in [0.15, 0.2) is 6.61 Å². The number of fused-ring (bicyclic) bond motifs is 1. The van der Waals surface area contributed by atoms with Crippen LogP contribution in [-0.4, -0.2) is 40.7 Å². The third kappa shape index (κ3) is 5.35. The summed E-state index contributed by atoms with van der Waals surface area (Å²) >= 11 is 1.13. The highest BCUT2D eigenvalue weighted by atomic mass is 32.1. The van der Waals surface area contributed by atoms with Crippen LogP contribution in [0.3, 0.4) is 0 Å². The molecule has 2 heterocycles. The van der Waals surface area contributed by atoms with Gasteiger partial charge in [-0.25, -0.2) is 18.3 Å². The molecule has 8 nitrogen and oxygen atoms in total. The molecule has 2 N–H and O–H groups in total. The van der Waals surface area contributed by atoms with Gasteiger partial charge in [0.05, 0.1) is 11.4 Å². The van der Waals surface area contributed by atoms with E-state index in [0.29, 0.717) is 21.9 Å². The summed E-state index contributed by atoms with van der Waals surface area (Å²) in [6.07, 6.45) is -0.119. The lowest BCUT2D eigenvalue weighted by atomic mass is 10.2. The normalized spacial score (nSPS) is 10.9. The van der Waals surface area contributed by atoms with Crippen molar-refractivity contribution in [3.8, 4) is 5.69 Å². The number of ether oxygens (including phenoxy) is 1. The van der Waals surface area contributed by atoms with Crippen LogP contribution in [0.2, 0.25) is 0 Å². The van der Waals surface area contributed by atoms with Gasteiger partial charge in [-0.2, -0.15) is 5.10 Å². The molecule has 0 aliphatic carbocycles. The highest BCUT2D eigenvalue weighted by Crippen LogP contribution is 2.31. The highest BCUT2D eigenvalue weighted by molar-refractivity contribution is 7.20. The zero-order valence-electron chi connectivity index (χ0n) is 18.5. The summed E-state index contributed by atoms with van der Waals surface area (Å²) in [5.74, 6) is -2.78. The standard InChI is InChI=1S/C24H20F2N4O4S/c1-14-19-12-20(35-23(19)30(28-14)18-8-4-16(26)5-9-18)24(33)34-13-22(32)29(11-10-21(27)31)17-6-2-15(25)3-7-17/h2-9,12H,10-11,13H2,1H3,(H2,27,31). The summed E-state index contributed by atoms with van der Waals surface area (Å²) in [5, 5.41) is 5.18. The number of carbonyl (C=O) groups excluding carboxylic acids is 3. The van der Waals surface area contributed by atoms with Crippen LogP contribution >= 0.6 is 11.3 Å². The van der Waals surface area contributed by atoms with Crippen LogP contribution in [0.1, 0.15) is 21.8 Å². The number of rotatable bonds is 8. The first-order valence-corrected chi connectivity index (χ1v) is 11.3. The first kappa shape index (κ1) is 24.0. The maximum Gasteiger partial charge on any atom is 0.348 e. The van der Waals surface area contributed by atoms with Gasteiger partial charge in [-0.3, -0.25) is 9.59 Å². The van der Waals surface area contributed by atoms with Crippen molar-refractivity contribution in [2.75, 3.05) is 18.1 Å². The molecule has 35 heavy (non-hydrogen) atoms. The molecule has 2 aromatic heterocycles. The largest absolute Gasteiger partial charge is 0.451 e. The number of aryl methyl sites for hydroxylation is 1. The number of anilines is 1. The molecular formula is C24H20F2N4O4S. The van der Waals surface area contributed by atoms with Gasteiger partial charge in [0, 0.05) is 24.0 Å². The Morgan fingerprint density at radius 2 is 1.69 bits per heavy atom. The van der Waals surface area contributed by atoms with Crippen LogP contribution in [0, 0.1) is 18.6 Å². The van der Waals surface area contributed by atoms with Gasteiger partial charge in [-0.15, -0.1) is 11.3 Å². The maximum atomic E-state index is 13.3. The Balaban J connectivity index is 1.50. The van der Waals surface area contributed by atoms with Gasteiger partial charge in [0.1, 0.15) is 21.3 Å². The van der Waals surface area contributed by atoms with Crippen molar-refractivity contribution >= 4 is 45.0 Å². The molecule has 0 aliphatic heterocycles. The molecule has 2 amide bonds. The van der Waals surface area contributed by atoms with E-state index in [1.807, 2.05) is 0 Å². The van der Waals surface area contributed by atoms with Crippen LogP contribution in [0.15, 0.2) is 54.6 Å². The number of aromatic nitrogens is 2. The van der Waals surface area contributed by atoms with E-state index in [0.717, 1.165) is 16.7 Å². The smallest absolute Gasteiger partial charge is 0.348 e. The van der Waals surface area contributed by atoms with Crippen molar-refractivity contribution in [2.24, 2.45) is 5.73 Å². The van der Waals surface area contributed by atoms with Crippen LogP contribution in [0.4, 0.5) is 14.5 Å². The first-order valence-electron chi connectivity index (χ1n) is 10.5. The average Bonchev–Trinajstić information content (AvgIpc) is 3.40. The Morgan fingerprint density at radius 3 is 2.31 bits per heavy atom. The van der Waals surface area contributed by atoms with E-state index in [1.165, 1.54) is 41.3 Å². The Labute approximate surface area is 202 Å². The minimum absolute atomic E-state index is 0.0487. The Kier molecular flexibility index (Phi) is 6.87. The summed E-state index contributed by atoms with van der Waals surface area (Å²) in [4.78, 5) is 38.8.